The van der Waals surface area contributed by atoms with Gasteiger partial charge in [-0.1, -0.05) is 0 Å². The quantitative estimate of drug-likeness (QED) is 0.885. The standard InChI is InChI=1S/C14H16FN3O2/c1-14(2,15)8-5-9(10-7-17-18-13(10)16)12-11(6-8)19-3-4-20-12/h5-7H,3-4H2,1-2H3,(H3,16,17,18). The SMILES string of the molecule is CC(C)(F)c1cc2c(c(-c3cn[nH]c3N)c1)OCCO2. The maximum atomic E-state index is 14.3. The number of nitrogens with zero attached hydrogens (tertiary/aromatic N) is 1. The van der Waals surface area contributed by atoms with Crippen LogP contribution in [0.1, 0.15) is 19.4 Å². The van der Waals surface area contributed by atoms with E-state index in [2.05, 4.69) is 10.2 Å². The largest absolute Gasteiger partial charge is 0.486 e. The lowest BCUT2D eigenvalue weighted by Crippen LogP contribution is -2.18. The molecule has 20 heavy (non-hydrogen) atoms. The highest BCUT2D eigenvalue weighted by molar-refractivity contribution is 5.81. The molecule has 0 atom stereocenters. The van der Waals surface area contributed by atoms with Gasteiger partial charge >= 0.3 is 0 Å². The minimum absolute atomic E-state index is 0.412. The van der Waals surface area contributed by atoms with Gasteiger partial charge in [-0.25, -0.2) is 4.39 Å². The highest BCUT2D eigenvalue weighted by atomic mass is 19.1. The summed E-state index contributed by atoms with van der Waals surface area (Å²) in [6.45, 7) is 3.90. The number of rotatable bonds is 2. The van der Waals surface area contributed by atoms with Crippen molar-refractivity contribution in [1.82, 2.24) is 10.2 Å². The number of aromatic amines is 1. The predicted molar refractivity (Wildman–Crippen MR) is 73.6 cm³/mol. The Balaban J connectivity index is 2.24. The van der Waals surface area contributed by atoms with Gasteiger partial charge < -0.3 is 15.2 Å². The number of ether oxygens (including phenoxy) is 2. The number of H-pyrrole nitrogens is 1. The molecule has 2 aromatic rings. The predicted octanol–water partition coefficient (Wildman–Crippen LogP) is 2.63. The molecular weight excluding hydrogens is 261 g/mol. The molecular formula is C14H16FN3O2. The molecule has 0 saturated heterocycles. The fourth-order valence-electron chi connectivity index (χ4n) is 2.21. The Labute approximate surface area is 115 Å². The third kappa shape index (κ3) is 2.07. The lowest BCUT2D eigenvalue weighted by molar-refractivity contribution is 0.170. The fraction of sp³-hybridized carbons (Fsp3) is 0.357. The summed E-state index contributed by atoms with van der Waals surface area (Å²) in [6, 6.07) is 3.41. The third-order valence-corrected chi connectivity index (χ3v) is 3.29. The molecule has 0 amide bonds. The van der Waals surface area contributed by atoms with Gasteiger partial charge in [0, 0.05) is 11.1 Å². The molecule has 3 N–H and O–H groups in total. The lowest BCUT2D eigenvalue weighted by atomic mass is 9.94. The number of hydrogen-bond donors (Lipinski definition) is 2. The summed E-state index contributed by atoms with van der Waals surface area (Å²) in [7, 11) is 0. The van der Waals surface area contributed by atoms with Crippen molar-refractivity contribution in [3.05, 3.63) is 23.9 Å². The summed E-state index contributed by atoms with van der Waals surface area (Å²) in [5.41, 5.74) is 6.25. The zero-order valence-electron chi connectivity index (χ0n) is 11.4. The number of nitrogens with one attached hydrogen (secondary N) is 1. The number of hydrogen-bond acceptors (Lipinski definition) is 4. The van der Waals surface area contributed by atoms with Gasteiger partial charge in [-0.05, 0) is 31.5 Å². The Bertz CT molecular complexity index is 646. The summed E-state index contributed by atoms with van der Waals surface area (Å²) < 4.78 is 25.5. The molecule has 1 aliphatic rings. The van der Waals surface area contributed by atoms with Crippen LogP contribution in [0.3, 0.4) is 0 Å². The molecule has 0 unspecified atom stereocenters. The molecule has 0 bridgehead atoms. The van der Waals surface area contributed by atoms with Gasteiger partial charge in [0.1, 0.15) is 24.7 Å². The molecule has 1 aliphatic heterocycles. The van der Waals surface area contributed by atoms with Crippen LogP contribution < -0.4 is 15.2 Å². The highest BCUT2D eigenvalue weighted by Crippen LogP contribution is 2.44. The number of nitrogens with two attached hydrogens (primary N) is 1. The van der Waals surface area contributed by atoms with Gasteiger partial charge in [0.2, 0.25) is 0 Å². The Morgan fingerprint density at radius 2 is 2.00 bits per heavy atom. The first kappa shape index (κ1) is 12.8. The van der Waals surface area contributed by atoms with E-state index in [0.717, 1.165) is 0 Å². The van der Waals surface area contributed by atoms with Crippen LogP contribution in [0.4, 0.5) is 10.2 Å². The number of benzene rings is 1. The minimum atomic E-state index is -1.48. The Hall–Kier alpha value is -2.24. The van der Waals surface area contributed by atoms with Crippen LogP contribution in [0.25, 0.3) is 11.1 Å². The van der Waals surface area contributed by atoms with Gasteiger partial charge in [0.05, 0.1) is 6.20 Å². The Morgan fingerprint density at radius 1 is 1.25 bits per heavy atom. The van der Waals surface area contributed by atoms with E-state index >= 15 is 0 Å². The first-order chi connectivity index (χ1) is 9.47. The van der Waals surface area contributed by atoms with Crippen LogP contribution in [-0.4, -0.2) is 23.4 Å². The average molecular weight is 277 g/mol. The number of alkyl halides is 1. The number of halogens is 1. The summed E-state index contributed by atoms with van der Waals surface area (Å²) in [5.74, 6) is 1.53. The number of aromatic nitrogens is 2. The topological polar surface area (TPSA) is 73.2 Å². The first-order valence-corrected chi connectivity index (χ1v) is 6.39. The first-order valence-electron chi connectivity index (χ1n) is 6.39. The summed E-state index contributed by atoms with van der Waals surface area (Å²) in [5, 5.41) is 6.57. The normalized spacial score (nSPS) is 14.3. The van der Waals surface area contributed by atoms with E-state index in [9.17, 15) is 4.39 Å². The van der Waals surface area contributed by atoms with Crippen molar-refractivity contribution < 1.29 is 13.9 Å². The molecule has 2 heterocycles. The zero-order chi connectivity index (χ0) is 14.3. The van der Waals surface area contributed by atoms with E-state index in [1.54, 1.807) is 18.3 Å². The maximum Gasteiger partial charge on any atom is 0.169 e. The van der Waals surface area contributed by atoms with E-state index < -0.39 is 5.67 Å². The van der Waals surface area contributed by atoms with Crippen molar-refractivity contribution in [1.29, 1.82) is 0 Å². The highest BCUT2D eigenvalue weighted by Gasteiger charge is 2.26. The van der Waals surface area contributed by atoms with Crippen molar-refractivity contribution in [3.63, 3.8) is 0 Å². The number of anilines is 1. The van der Waals surface area contributed by atoms with Crippen molar-refractivity contribution in [2.75, 3.05) is 18.9 Å². The smallest absolute Gasteiger partial charge is 0.169 e. The molecule has 0 spiro atoms. The van der Waals surface area contributed by atoms with Crippen LogP contribution >= 0.6 is 0 Å². The number of nitrogen functional groups attached to an aromatic ring is 1. The minimum Gasteiger partial charge on any atom is -0.486 e. The van der Waals surface area contributed by atoms with Gasteiger partial charge in [0.15, 0.2) is 11.5 Å². The Morgan fingerprint density at radius 3 is 2.65 bits per heavy atom. The van der Waals surface area contributed by atoms with Gasteiger partial charge in [0.25, 0.3) is 0 Å². The molecule has 6 heteroatoms. The van der Waals surface area contributed by atoms with E-state index in [0.29, 0.717) is 47.2 Å². The van der Waals surface area contributed by atoms with E-state index in [4.69, 9.17) is 15.2 Å². The second kappa shape index (κ2) is 4.40. The lowest BCUT2D eigenvalue weighted by Gasteiger charge is -2.24. The molecule has 1 aromatic heterocycles. The third-order valence-electron chi connectivity index (χ3n) is 3.29. The van der Waals surface area contributed by atoms with Gasteiger partial charge in [-0.3, -0.25) is 5.10 Å². The second-order valence-corrected chi connectivity index (χ2v) is 5.22. The summed E-state index contributed by atoms with van der Waals surface area (Å²) >= 11 is 0. The van der Waals surface area contributed by atoms with E-state index in [-0.39, 0.29) is 0 Å². The molecule has 106 valence electrons. The van der Waals surface area contributed by atoms with Gasteiger partial charge in [-0.15, -0.1) is 0 Å². The zero-order valence-corrected chi connectivity index (χ0v) is 11.4. The van der Waals surface area contributed by atoms with Crippen molar-refractivity contribution in [2.24, 2.45) is 0 Å². The molecule has 0 saturated carbocycles. The molecule has 0 fully saturated rings. The average Bonchev–Trinajstić information content (AvgIpc) is 2.82. The van der Waals surface area contributed by atoms with Crippen LogP contribution in [0.15, 0.2) is 18.3 Å². The summed E-state index contributed by atoms with van der Waals surface area (Å²) in [6.07, 6.45) is 1.60. The molecule has 5 nitrogen and oxygen atoms in total. The van der Waals surface area contributed by atoms with Crippen molar-refractivity contribution in [3.8, 4) is 22.6 Å². The van der Waals surface area contributed by atoms with E-state index in [1.165, 1.54) is 13.8 Å². The van der Waals surface area contributed by atoms with Crippen LogP contribution in [0.5, 0.6) is 11.5 Å². The van der Waals surface area contributed by atoms with Crippen molar-refractivity contribution >= 4 is 5.82 Å². The molecule has 3 rings (SSSR count). The van der Waals surface area contributed by atoms with Gasteiger partial charge in [-0.2, -0.15) is 5.10 Å². The number of fused-ring (bicyclic) bond motifs is 1. The van der Waals surface area contributed by atoms with E-state index in [1.807, 2.05) is 0 Å². The fourth-order valence-corrected chi connectivity index (χ4v) is 2.21. The van der Waals surface area contributed by atoms with Crippen LogP contribution in [-0.2, 0) is 5.67 Å². The molecule has 0 radical (unpaired) electrons. The van der Waals surface area contributed by atoms with Crippen molar-refractivity contribution in [2.45, 2.75) is 19.5 Å². The maximum absolute atomic E-state index is 14.3. The molecule has 0 aliphatic carbocycles. The molecule has 1 aromatic carbocycles. The second-order valence-electron chi connectivity index (χ2n) is 5.22. The monoisotopic (exact) mass is 277 g/mol. The Kier molecular flexibility index (Phi) is 2.81. The van der Waals surface area contributed by atoms with Crippen LogP contribution in [0, 0.1) is 0 Å². The van der Waals surface area contributed by atoms with Crippen LogP contribution in [0.2, 0.25) is 0 Å². The summed E-state index contributed by atoms with van der Waals surface area (Å²) in [4.78, 5) is 0.